The molecule has 0 spiro atoms. The maximum atomic E-state index is 12.6. The summed E-state index contributed by atoms with van der Waals surface area (Å²) in [5.74, 6) is -0.586. The molecule has 2 heterocycles. The van der Waals surface area contributed by atoms with Gasteiger partial charge in [-0.05, 0) is 44.2 Å². The maximum Gasteiger partial charge on any atom is 0.273 e. The number of aryl methyl sites for hydroxylation is 2. The summed E-state index contributed by atoms with van der Waals surface area (Å²) in [4.78, 5) is 25.1. The van der Waals surface area contributed by atoms with E-state index in [-0.39, 0.29) is 11.8 Å². The van der Waals surface area contributed by atoms with Gasteiger partial charge in [0.25, 0.3) is 11.8 Å². The minimum absolute atomic E-state index is 0.265. The molecule has 4 rings (SSSR count). The molecule has 0 aliphatic rings. The van der Waals surface area contributed by atoms with Crippen molar-refractivity contribution in [3.8, 4) is 11.3 Å². The van der Waals surface area contributed by atoms with E-state index >= 15 is 0 Å². The highest BCUT2D eigenvalue weighted by atomic mass is 16.2. The fraction of sp³-hybridized carbons (Fsp3) is 0.130. The van der Waals surface area contributed by atoms with Crippen molar-refractivity contribution in [3.05, 3.63) is 83.8 Å². The average molecular weight is 414 g/mol. The van der Waals surface area contributed by atoms with Gasteiger partial charge in [0, 0.05) is 29.7 Å². The maximum absolute atomic E-state index is 12.6. The predicted molar refractivity (Wildman–Crippen MR) is 119 cm³/mol. The second kappa shape index (κ2) is 8.66. The number of carbonyl (C=O) groups excluding carboxylic acids is 2. The topological polar surface area (TPSA) is 105 Å². The Kier molecular flexibility index (Phi) is 5.61. The first-order chi connectivity index (χ1) is 15.0. The molecule has 8 heteroatoms. The van der Waals surface area contributed by atoms with Crippen molar-refractivity contribution in [1.29, 1.82) is 0 Å². The minimum Gasteiger partial charge on any atom is -0.321 e. The number of rotatable bonds is 6. The summed E-state index contributed by atoms with van der Waals surface area (Å²) in [6.45, 7) is 4.53. The number of hydrogen-bond donors (Lipinski definition) is 3. The van der Waals surface area contributed by atoms with Crippen molar-refractivity contribution in [2.24, 2.45) is 0 Å². The SMILES string of the molecule is CCn1nccc1C(=O)Nc1cccc(NC(=O)c2cc(-c3ccc(C)cc3)n[nH]2)c1. The van der Waals surface area contributed by atoms with Gasteiger partial charge in [-0.25, -0.2) is 0 Å². The number of aromatic nitrogens is 4. The monoisotopic (exact) mass is 414 g/mol. The van der Waals surface area contributed by atoms with Crippen LogP contribution in [0.5, 0.6) is 0 Å². The van der Waals surface area contributed by atoms with E-state index in [2.05, 4.69) is 25.9 Å². The molecule has 2 aromatic carbocycles. The second-order valence-electron chi connectivity index (χ2n) is 7.05. The van der Waals surface area contributed by atoms with E-state index < -0.39 is 0 Å². The van der Waals surface area contributed by atoms with Crippen molar-refractivity contribution < 1.29 is 9.59 Å². The molecule has 31 heavy (non-hydrogen) atoms. The Labute approximate surface area is 179 Å². The summed E-state index contributed by atoms with van der Waals surface area (Å²) in [6.07, 6.45) is 1.59. The molecule has 0 saturated heterocycles. The number of amides is 2. The van der Waals surface area contributed by atoms with Crippen LogP contribution in [-0.4, -0.2) is 31.8 Å². The van der Waals surface area contributed by atoms with Gasteiger partial charge >= 0.3 is 0 Å². The van der Waals surface area contributed by atoms with Crippen LogP contribution in [0.2, 0.25) is 0 Å². The molecule has 0 aliphatic carbocycles. The third kappa shape index (κ3) is 4.53. The van der Waals surface area contributed by atoms with Crippen LogP contribution in [0.25, 0.3) is 11.3 Å². The number of H-pyrrole nitrogens is 1. The summed E-state index contributed by atoms with van der Waals surface area (Å²) >= 11 is 0. The first kappa shape index (κ1) is 20.1. The van der Waals surface area contributed by atoms with E-state index in [9.17, 15) is 9.59 Å². The highest BCUT2D eigenvalue weighted by Crippen LogP contribution is 2.20. The predicted octanol–water partition coefficient (Wildman–Crippen LogP) is 4.11. The fourth-order valence-electron chi connectivity index (χ4n) is 3.16. The lowest BCUT2D eigenvalue weighted by Crippen LogP contribution is -2.17. The lowest BCUT2D eigenvalue weighted by atomic mass is 10.1. The van der Waals surface area contributed by atoms with Gasteiger partial charge in [0.1, 0.15) is 11.4 Å². The largest absolute Gasteiger partial charge is 0.321 e. The number of aromatic amines is 1. The first-order valence-electron chi connectivity index (χ1n) is 9.90. The summed E-state index contributed by atoms with van der Waals surface area (Å²) in [5.41, 5.74) is 4.71. The van der Waals surface area contributed by atoms with Crippen molar-refractivity contribution in [2.45, 2.75) is 20.4 Å². The zero-order chi connectivity index (χ0) is 21.8. The van der Waals surface area contributed by atoms with Gasteiger partial charge in [0.05, 0.1) is 5.69 Å². The number of anilines is 2. The van der Waals surface area contributed by atoms with Crippen molar-refractivity contribution >= 4 is 23.2 Å². The van der Waals surface area contributed by atoms with Crippen LogP contribution in [0.3, 0.4) is 0 Å². The first-order valence-corrected chi connectivity index (χ1v) is 9.90. The van der Waals surface area contributed by atoms with Crippen molar-refractivity contribution in [1.82, 2.24) is 20.0 Å². The molecule has 0 unspecified atom stereocenters. The number of nitrogens with one attached hydrogen (secondary N) is 3. The van der Waals surface area contributed by atoms with Crippen LogP contribution in [0.1, 0.15) is 33.5 Å². The summed E-state index contributed by atoms with van der Waals surface area (Å²) in [6, 6.07) is 18.2. The molecule has 2 aromatic heterocycles. The van der Waals surface area contributed by atoms with Gasteiger partial charge in [-0.2, -0.15) is 10.2 Å². The van der Waals surface area contributed by atoms with Crippen LogP contribution in [0.4, 0.5) is 11.4 Å². The van der Waals surface area contributed by atoms with E-state index in [1.165, 1.54) is 0 Å². The standard InChI is InChI=1S/C23H22N6O2/c1-3-29-21(11-12-24-29)23(31)26-18-6-4-5-17(13-18)25-22(30)20-14-19(27-28-20)16-9-7-15(2)8-10-16/h4-14H,3H2,1-2H3,(H,25,30)(H,26,31)(H,27,28). The minimum atomic E-state index is -0.321. The lowest BCUT2D eigenvalue weighted by molar-refractivity contribution is 0.101. The Hall–Kier alpha value is -4.20. The van der Waals surface area contributed by atoms with Crippen LogP contribution in [0.15, 0.2) is 66.9 Å². The highest BCUT2D eigenvalue weighted by molar-refractivity contribution is 6.05. The van der Waals surface area contributed by atoms with Crippen molar-refractivity contribution in [3.63, 3.8) is 0 Å². The van der Waals surface area contributed by atoms with Crippen LogP contribution in [-0.2, 0) is 6.54 Å². The molecule has 0 fully saturated rings. The average Bonchev–Trinajstić information content (AvgIpc) is 3.44. The summed E-state index contributed by atoms with van der Waals surface area (Å²) in [5, 5.41) is 16.8. The van der Waals surface area contributed by atoms with Gasteiger partial charge in [0.2, 0.25) is 0 Å². The Balaban J connectivity index is 1.44. The molecule has 156 valence electrons. The zero-order valence-corrected chi connectivity index (χ0v) is 17.2. The van der Waals surface area contributed by atoms with E-state index in [0.717, 1.165) is 11.1 Å². The number of benzene rings is 2. The highest BCUT2D eigenvalue weighted by Gasteiger charge is 2.14. The third-order valence-electron chi connectivity index (χ3n) is 4.80. The number of carbonyl (C=O) groups is 2. The van der Waals surface area contributed by atoms with Gasteiger partial charge in [0.15, 0.2) is 0 Å². The van der Waals surface area contributed by atoms with Crippen LogP contribution in [0, 0.1) is 6.92 Å². The summed E-state index contributed by atoms with van der Waals surface area (Å²) < 4.78 is 1.62. The molecule has 0 aliphatic heterocycles. The molecule has 0 atom stereocenters. The smallest absolute Gasteiger partial charge is 0.273 e. The van der Waals surface area contributed by atoms with Gasteiger partial charge in [-0.3, -0.25) is 19.4 Å². The molecule has 0 saturated carbocycles. The molecule has 2 amide bonds. The molecule has 0 radical (unpaired) electrons. The molecule has 4 aromatic rings. The van der Waals surface area contributed by atoms with E-state index in [1.54, 1.807) is 47.3 Å². The normalized spacial score (nSPS) is 10.6. The third-order valence-corrected chi connectivity index (χ3v) is 4.80. The molecule has 0 bridgehead atoms. The van der Waals surface area contributed by atoms with Gasteiger partial charge in [-0.15, -0.1) is 0 Å². The zero-order valence-electron chi connectivity index (χ0n) is 17.2. The molecule has 8 nitrogen and oxygen atoms in total. The Morgan fingerprint density at radius 2 is 1.68 bits per heavy atom. The molecular formula is C23H22N6O2. The van der Waals surface area contributed by atoms with E-state index in [1.807, 2.05) is 38.1 Å². The summed E-state index contributed by atoms with van der Waals surface area (Å²) in [7, 11) is 0. The molecular weight excluding hydrogens is 392 g/mol. The quantitative estimate of drug-likeness (QED) is 0.442. The number of hydrogen-bond acceptors (Lipinski definition) is 4. The van der Waals surface area contributed by atoms with Gasteiger partial charge in [-0.1, -0.05) is 35.9 Å². The van der Waals surface area contributed by atoms with Crippen LogP contribution < -0.4 is 10.6 Å². The lowest BCUT2D eigenvalue weighted by Gasteiger charge is -2.09. The van der Waals surface area contributed by atoms with Crippen molar-refractivity contribution in [2.75, 3.05) is 10.6 Å². The van der Waals surface area contributed by atoms with E-state index in [0.29, 0.717) is 35.0 Å². The van der Waals surface area contributed by atoms with E-state index in [4.69, 9.17) is 0 Å². The van der Waals surface area contributed by atoms with Crippen LogP contribution >= 0.6 is 0 Å². The Bertz CT molecular complexity index is 1220. The Morgan fingerprint density at radius 3 is 2.39 bits per heavy atom. The number of nitrogens with zero attached hydrogens (tertiary/aromatic N) is 3. The second-order valence-corrected chi connectivity index (χ2v) is 7.05. The van der Waals surface area contributed by atoms with Gasteiger partial charge < -0.3 is 10.6 Å². The molecule has 3 N–H and O–H groups in total. The Morgan fingerprint density at radius 1 is 0.968 bits per heavy atom. The fourth-order valence-corrected chi connectivity index (χ4v) is 3.16.